The maximum absolute atomic E-state index is 12.6. The van der Waals surface area contributed by atoms with E-state index in [1.54, 1.807) is 25.3 Å². The number of hydrazone groups is 1. The lowest BCUT2D eigenvalue weighted by Gasteiger charge is -2.20. The second-order valence-corrected chi connectivity index (χ2v) is 7.48. The summed E-state index contributed by atoms with van der Waals surface area (Å²) in [5, 5.41) is 7.28. The highest BCUT2D eigenvalue weighted by atomic mass is 35.5. The van der Waals surface area contributed by atoms with Crippen LogP contribution in [0.1, 0.15) is 29.8 Å². The summed E-state index contributed by atoms with van der Waals surface area (Å²) in [6.07, 6.45) is 1.45. The van der Waals surface area contributed by atoms with Gasteiger partial charge in [-0.2, -0.15) is 5.10 Å². The zero-order valence-electron chi connectivity index (χ0n) is 17.0. The number of nitrogens with zero attached hydrogens (tertiary/aromatic N) is 1. The standard InChI is InChI=1S/C21H23Cl2N3O4/c1-12(2)19(25-20(27)13-6-8-16(22)17(23)9-13)21(28)26-24-11-14-5-7-15(29-3)10-18(14)30-4/h5-12,19H,1-4H3,(H,25,27)(H,26,28). The van der Waals surface area contributed by atoms with Gasteiger partial charge in [-0.3, -0.25) is 9.59 Å². The van der Waals surface area contributed by atoms with E-state index in [2.05, 4.69) is 15.8 Å². The highest BCUT2D eigenvalue weighted by Crippen LogP contribution is 2.23. The molecule has 0 heterocycles. The summed E-state index contributed by atoms with van der Waals surface area (Å²) in [5.41, 5.74) is 3.40. The predicted octanol–water partition coefficient (Wildman–Crippen LogP) is 3.92. The molecular weight excluding hydrogens is 429 g/mol. The molecule has 30 heavy (non-hydrogen) atoms. The number of ether oxygens (including phenoxy) is 2. The summed E-state index contributed by atoms with van der Waals surface area (Å²) in [7, 11) is 3.08. The van der Waals surface area contributed by atoms with Gasteiger partial charge in [0.2, 0.25) is 0 Å². The summed E-state index contributed by atoms with van der Waals surface area (Å²) >= 11 is 11.8. The van der Waals surface area contributed by atoms with Gasteiger partial charge in [0.1, 0.15) is 17.5 Å². The van der Waals surface area contributed by atoms with Crippen LogP contribution in [0.4, 0.5) is 0 Å². The molecule has 0 saturated carbocycles. The Morgan fingerprint density at radius 3 is 2.37 bits per heavy atom. The Bertz CT molecular complexity index is 948. The maximum Gasteiger partial charge on any atom is 0.262 e. The number of hydrogen-bond acceptors (Lipinski definition) is 5. The fourth-order valence-electron chi connectivity index (χ4n) is 2.56. The number of hydrogen-bond donors (Lipinski definition) is 2. The first-order valence-electron chi connectivity index (χ1n) is 9.07. The number of amides is 2. The van der Waals surface area contributed by atoms with Crippen LogP contribution in [0.5, 0.6) is 11.5 Å². The molecule has 0 radical (unpaired) electrons. The van der Waals surface area contributed by atoms with Crippen LogP contribution in [0.3, 0.4) is 0 Å². The molecule has 7 nitrogen and oxygen atoms in total. The Morgan fingerprint density at radius 1 is 1.03 bits per heavy atom. The lowest BCUT2D eigenvalue weighted by atomic mass is 10.0. The van der Waals surface area contributed by atoms with E-state index < -0.39 is 17.9 Å². The van der Waals surface area contributed by atoms with E-state index in [-0.39, 0.29) is 10.9 Å². The molecule has 0 saturated heterocycles. The van der Waals surface area contributed by atoms with Crippen molar-refractivity contribution < 1.29 is 19.1 Å². The third-order valence-electron chi connectivity index (χ3n) is 4.24. The van der Waals surface area contributed by atoms with Gasteiger partial charge >= 0.3 is 0 Å². The third-order valence-corrected chi connectivity index (χ3v) is 4.98. The van der Waals surface area contributed by atoms with Crippen LogP contribution >= 0.6 is 23.2 Å². The normalized spacial score (nSPS) is 12.0. The average molecular weight is 452 g/mol. The number of halogens is 2. The van der Waals surface area contributed by atoms with Crippen molar-refractivity contribution in [3.05, 3.63) is 57.6 Å². The Balaban J connectivity index is 2.07. The van der Waals surface area contributed by atoms with Crippen LogP contribution in [0, 0.1) is 5.92 Å². The van der Waals surface area contributed by atoms with Gasteiger partial charge in [-0.15, -0.1) is 0 Å². The fourth-order valence-corrected chi connectivity index (χ4v) is 2.86. The Labute approximate surface area is 185 Å². The molecule has 2 N–H and O–H groups in total. The van der Waals surface area contributed by atoms with E-state index >= 15 is 0 Å². The van der Waals surface area contributed by atoms with E-state index in [9.17, 15) is 9.59 Å². The first-order chi connectivity index (χ1) is 14.3. The van der Waals surface area contributed by atoms with Crippen molar-refractivity contribution >= 4 is 41.2 Å². The number of carbonyl (C=O) groups is 2. The van der Waals surface area contributed by atoms with Gasteiger partial charge in [0.05, 0.1) is 30.5 Å². The summed E-state index contributed by atoms with van der Waals surface area (Å²) in [5.74, 6) is 0.103. The Morgan fingerprint density at radius 2 is 1.77 bits per heavy atom. The zero-order chi connectivity index (χ0) is 22.3. The molecule has 0 spiro atoms. The molecule has 0 aromatic heterocycles. The molecule has 2 rings (SSSR count). The van der Waals surface area contributed by atoms with E-state index in [0.29, 0.717) is 27.6 Å². The van der Waals surface area contributed by atoms with E-state index in [0.717, 1.165) is 0 Å². The minimum atomic E-state index is -0.804. The molecule has 1 unspecified atom stereocenters. The number of carbonyl (C=O) groups excluding carboxylic acids is 2. The van der Waals surface area contributed by atoms with E-state index in [4.69, 9.17) is 32.7 Å². The van der Waals surface area contributed by atoms with Crippen molar-refractivity contribution in [1.82, 2.24) is 10.7 Å². The van der Waals surface area contributed by atoms with E-state index in [1.807, 2.05) is 13.8 Å². The zero-order valence-corrected chi connectivity index (χ0v) is 18.5. The number of rotatable bonds is 8. The SMILES string of the molecule is COc1ccc(C=NNC(=O)C(NC(=O)c2ccc(Cl)c(Cl)c2)C(C)C)c(OC)c1. The molecular formula is C21H23Cl2N3O4. The second-order valence-electron chi connectivity index (χ2n) is 6.67. The minimum Gasteiger partial charge on any atom is -0.497 e. The van der Waals surface area contributed by atoms with Crippen molar-refractivity contribution in [2.45, 2.75) is 19.9 Å². The molecule has 0 aliphatic rings. The van der Waals surface area contributed by atoms with Crippen LogP contribution in [0.2, 0.25) is 10.0 Å². The summed E-state index contributed by atoms with van der Waals surface area (Å²) in [4.78, 5) is 25.1. The molecule has 0 bridgehead atoms. The maximum atomic E-state index is 12.6. The van der Waals surface area contributed by atoms with Crippen molar-refractivity contribution in [1.29, 1.82) is 0 Å². The average Bonchev–Trinajstić information content (AvgIpc) is 2.73. The first-order valence-corrected chi connectivity index (χ1v) is 9.83. The Hall–Kier alpha value is -2.77. The van der Waals surface area contributed by atoms with Crippen molar-refractivity contribution in [2.24, 2.45) is 11.0 Å². The number of benzene rings is 2. The lowest BCUT2D eigenvalue weighted by Crippen LogP contribution is -2.48. The Kier molecular flexibility index (Phi) is 8.50. The van der Waals surface area contributed by atoms with Gasteiger partial charge in [-0.05, 0) is 36.2 Å². The van der Waals surface area contributed by atoms with E-state index in [1.165, 1.54) is 31.5 Å². The molecule has 2 aromatic carbocycles. The van der Waals surface area contributed by atoms with Crippen molar-refractivity contribution in [3.8, 4) is 11.5 Å². The molecule has 9 heteroatoms. The minimum absolute atomic E-state index is 0.178. The second kappa shape index (κ2) is 10.8. The first kappa shape index (κ1) is 23.5. The molecule has 2 amide bonds. The highest BCUT2D eigenvalue weighted by molar-refractivity contribution is 6.42. The molecule has 2 aromatic rings. The smallest absolute Gasteiger partial charge is 0.262 e. The lowest BCUT2D eigenvalue weighted by molar-refractivity contribution is -0.123. The van der Waals surface area contributed by atoms with Gasteiger partial charge in [0.25, 0.3) is 11.8 Å². The molecule has 0 aliphatic carbocycles. The van der Waals surface area contributed by atoms with Crippen molar-refractivity contribution in [3.63, 3.8) is 0 Å². The number of nitrogens with one attached hydrogen (secondary N) is 2. The predicted molar refractivity (Wildman–Crippen MR) is 118 cm³/mol. The molecule has 160 valence electrons. The summed E-state index contributed by atoms with van der Waals surface area (Å²) in [6.45, 7) is 3.63. The molecule has 0 fully saturated rings. The molecule has 0 aliphatic heterocycles. The summed E-state index contributed by atoms with van der Waals surface area (Å²) < 4.78 is 10.4. The van der Waals surface area contributed by atoms with Gasteiger partial charge in [0, 0.05) is 17.2 Å². The van der Waals surface area contributed by atoms with Crippen molar-refractivity contribution in [2.75, 3.05) is 14.2 Å². The summed E-state index contributed by atoms with van der Waals surface area (Å²) in [6, 6.07) is 8.91. The van der Waals surface area contributed by atoms with Crippen LogP contribution in [-0.2, 0) is 4.79 Å². The van der Waals surface area contributed by atoms with Crippen LogP contribution < -0.4 is 20.2 Å². The van der Waals surface area contributed by atoms with Crippen LogP contribution in [-0.4, -0.2) is 38.3 Å². The third kappa shape index (κ3) is 6.11. The van der Waals surface area contributed by atoms with Crippen LogP contribution in [0.15, 0.2) is 41.5 Å². The van der Waals surface area contributed by atoms with Gasteiger partial charge < -0.3 is 14.8 Å². The highest BCUT2D eigenvalue weighted by Gasteiger charge is 2.24. The fraction of sp³-hybridized carbons (Fsp3) is 0.286. The topological polar surface area (TPSA) is 89.0 Å². The van der Waals surface area contributed by atoms with Gasteiger partial charge in [-0.25, -0.2) is 5.43 Å². The van der Waals surface area contributed by atoms with Crippen LogP contribution in [0.25, 0.3) is 0 Å². The molecule has 1 atom stereocenters. The number of methoxy groups -OCH3 is 2. The monoisotopic (exact) mass is 451 g/mol. The van der Waals surface area contributed by atoms with Gasteiger partial charge in [0.15, 0.2) is 0 Å². The largest absolute Gasteiger partial charge is 0.497 e. The quantitative estimate of drug-likeness (QED) is 0.470. The van der Waals surface area contributed by atoms with Gasteiger partial charge in [-0.1, -0.05) is 37.0 Å².